The second-order valence-electron chi connectivity index (χ2n) is 11.8. The summed E-state index contributed by atoms with van der Waals surface area (Å²) in [5.41, 5.74) is 1.15. The largest absolute Gasteiger partial charge is 0.394 e. The van der Waals surface area contributed by atoms with E-state index in [-0.39, 0.29) is 23.4 Å². The molecule has 4 rings (SSSR count). The third-order valence-corrected chi connectivity index (χ3v) is 9.68. The molecule has 0 aromatic heterocycles. The third kappa shape index (κ3) is 4.14. The van der Waals surface area contributed by atoms with Crippen LogP contribution in [0.2, 0.25) is 0 Å². The Labute approximate surface area is 197 Å². The molecule has 0 spiro atoms. The molecule has 3 aliphatic carbocycles. The van der Waals surface area contributed by atoms with Gasteiger partial charge in [-0.15, -0.1) is 6.58 Å². The van der Waals surface area contributed by atoms with Crippen molar-refractivity contribution < 1.29 is 35.0 Å². The average Bonchev–Trinajstić information content (AvgIpc) is 2.80. The molecule has 7 heteroatoms. The van der Waals surface area contributed by atoms with Crippen molar-refractivity contribution >= 4 is 0 Å². The number of allylic oxidation sites excluding steroid dienone is 3. The van der Waals surface area contributed by atoms with Gasteiger partial charge in [-0.1, -0.05) is 38.5 Å². The van der Waals surface area contributed by atoms with Crippen molar-refractivity contribution in [1.82, 2.24) is 0 Å². The summed E-state index contributed by atoms with van der Waals surface area (Å²) in [6.07, 6.45) is 3.17. The van der Waals surface area contributed by atoms with E-state index in [0.29, 0.717) is 12.3 Å². The maximum Gasteiger partial charge on any atom is 0.186 e. The van der Waals surface area contributed by atoms with Gasteiger partial charge in [0.15, 0.2) is 6.29 Å². The molecule has 1 saturated heterocycles. The van der Waals surface area contributed by atoms with Gasteiger partial charge < -0.3 is 35.0 Å². The van der Waals surface area contributed by atoms with Crippen LogP contribution in [0.4, 0.5) is 0 Å². The highest BCUT2D eigenvalue weighted by molar-refractivity contribution is 5.25. The molecular formula is C26H42O7. The zero-order chi connectivity index (χ0) is 24.2. The number of aliphatic hydroxyl groups is 5. The van der Waals surface area contributed by atoms with Crippen LogP contribution >= 0.6 is 0 Å². The van der Waals surface area contributed by atoms with Crippen molar-refractivity contribution in [3.05, 3.63) is 24.3 Å². The SMILES string of the molecule is C=C[C@@]1(C)CC[C@@H]2C(=CC[C@@H]3[C@]2(C)CC[C@H](O)[C@@]3(C)CO[C@H]2O[C@@H](CO)[C@@H](O)[C@@H](O)[C@H]2O)C1. The van der Waals surface area contributed by atoms with Crippen LogP contribution in [-0.4, -0.2) is 75.6 Å². The molecule has 0 amide bonds. The zero-order valence-corrected chi connectivity index (χ0v) is 20.2. The van der Waals surface area contributed by atoms with E-state index in [1.807, 2.05) is 0 Å². The topological polar surface area (TPSA) is 120 Å². The highest BCUT2D eigenvalue weighted by Crippen LogP contribution is 2.63. The molecule has 0 unspecified atom stereocenters. The summed E-state index contributed by atoms with van der Waals surface area (Å²) in [6, 6.07) is 0. The van der Waals surface area contributed by atoms with E-state index in [1.54, 1.807) is 0 Å². The van der Waals surface area contributed by atoms with Crippen LogP contribution < -0.4 is 0 Å². The molecule has 7 nitrogen and oxygen atoms in total. The Morgan fingerprint density at radius 3 is 2.48 bits per heavy atom. The van der Waals surface area contributed by atoms with Crippen LogP contribution in [0.1, 0.15) is 59.3 Å². The van der Waals surface area contributed by atoms with Crippen LogP contribution in [0, 0.1) is 28.1 Å². The minimum absolute atomic E-state index is 0.0410. The van der Waals surface area contributed by atoms with Crippen LogP contribution in [0.25, 0.3) is 0 Å². The van der Waals surface area contributed by atoms with Crippen molar-refractivity contribution in [3.8, 4) is 0 Å². The van der Waals surface area contributed by atoms with E-state index in [1.165, 1.54) is 5.57 Å². The van der Waals surface area contributed by atoms with Gasteiger partial charge >= 0.3 is 0 Å². The molecule has 11 atom stereocenters. The van der Waals surface area contributed by atoms with E-state index in [2.05, 4.69) is 39.5 Å². The summed E-state index contributed by atoms with van der Waals surface area (Å²) < 4.78 is 11.5. The second kappa shape index (κ2) is 9.01. The summed E-state index contributed by atoms with van der Waals surface area (Å²) >= 11 is 0. The van der Waals surface area contributed by atoms with Crippen LogP contribution in [0.15, 0.2) is 24.3 Å². The van der Waals surface area contributed by atoms with Crippen molar-refractivity contribution in [2.24, 2.45) is 28.1 Å². The Hall–Kier alpha value is -0.800. The van der Waals surface area contributed by atoms with E-state index in [4.69, 9.17) is 9.47 Å². The van der Waals surface area contributed by atoms with Crippen molar-refractivity contribution in [2.45, 2.75) is 96.1 Å². The molecule has 0 radical (unpaired) electrons. The number of ether oxygens (including phenoxy) is 2. The fourth-order valence-corrected chi connectivity index (χ4v) is 7.30. The minimum atomic E-state index is -1.48. The Bertz CT molecular complexity index is 768. The molecule has 0 aromatic carbocycles. The number of rotatable bonds is 5. The Morgan fingerprint density at radius 2 is 1.82 bits per heavy atom. The van der Waals surface area contributed by atoms with Crippen molar-refractivity contribution in [2.75, 3.05) is 13.2 Å². The average molecular weight is 467 g/mol. The molecule has 33 heavy (non-hydrogen) atoms. The van der Waals surface area contributed by atoms with Gasteiger partial charge in [-0.25, -0.2) is 0 Å². The van der Waals surface area contributed by atoms with Gasteiger partial charge in [-0.3, -0.25) is 0 Å². The number of hydrogen-bond donors (Lipinski definition) is 5. The molecule has 0 aromatic rings. The number of aliphatic hydroxyl groups excluding tert-OH is 5. The monoisotopic (exact) mass is 466 g/mol. The summed E-state index contributed by atoms with van der Waals surface area (Å²) in [4.78, 5) is 0. The first kappa shape index (κ1) is 25.3. The van der Waals surface area contributed by atoms with E-state index >= 15 is 0 Å². The number of hydrogen-bond acceptors (Lipinski definition) is 7. The lowest BCUT2D eigenvalue weighted by Gasteiger charge is -2.61. The number of fused-ring (bicyclic) bond motifs is 3. The molecule has 1 aliphatic heterocycles. The van der Waals surface area contributed by atoms with Crippen LogP contribution in [0.5, 0.6) is 0 Å². The van der Waals surface area contributed by atoms with Gasteiger partial charge in [0.2, 0.25) is 0 Å². The summed E-state index contributed by atoms with van der Waals surface area (Å²) in [5.74, 6) is 0.670. The molecule has 1 heterocycles. The summed E-state index contributed by atoms with van der Waals surface area (Å²) in [5, 5.41) is 51.1. The lowest BCUT2D eigenvalue weighted by atomic mass is 9.45. The highest BCUT2D eigenvalue weighted by Gasteiger charge is 2.59. The molecule has 5 N–H and O–H groups in total. The lowest BCUT2D eigenvalue weighted by molar-refractivity contribution is -0.312. The van der Waals surface area contributed by atoms with Gasteiger partial charge in [0.1, 0.15) is 24.4 Å². The fourth-order valence-electron chi connectivity index (χ4n) is 7.30. The first-order valence-corrected chi connectivity index (χ1v) is 12.4. The fraction of sp³-hybridized carbons (Fsp3) is 0.846. The molecule has 2 saturated carbocycles. The normalized spacial score (nSPS) is 52.4. The quantitative estimate of drug-likeness (QED) is 0.393. The van der Waals surface area contributed by atoms with E-state index < -0.39 is 48.8 Å². The Balaban J connectivity index is 1.54. The van der Waals surface area contributed by atoms with E-state index in [9.17, 15) is 25.5 Å². The minimum Gasteiger partial charge on any atom is -0.394 e. The predicted octanol–water partition coefficient (Wildman–Crippen LogP) is 1.91. The van der Waals surface area contributed by atoms with Crippen LogP contribution in [-0.2, 0) is 9.47 Å². The molecule has 4 aliphatic rings. The molecule has 188 valence electrons. The maximum absolute atomic E-state index is 11.1. The smallest absolute Gasteiger partial charge is 0.186 e. The first-order valence-electron chi connectivity index (χ1n) is 12.4. The zero-order valence-electron chi connectivity index (χ0n) is 20.2. The molecule has 3 fully saturated rings. The first-order chi connectivity index (χ1) is 15.5. The van der Waals surface area contributed by atoms with Gasteiger partial charge in [0.05, 0.1) is 19.3 Å². The maximum atomic E-state index is 11.1. The van der Waals surface area contributed by atoms with E-state index in [0.717, 1.165) is 32.1 Å². The predicted molar refractivity (Wildman–Crippen MR) is 123 cm³/mol. The van der Waals surface area contributed by atoms with Gasteiger partial charge in [-0.2, -0.15) is 0 Å². The Kier molecular flexibility index (Phi) is 6.91. The molecule has 0 bridgehead atoms. The van der Waals surface area contributed by atoms with Crippen LogP contribution in [0.3, 0.4) is 0 Å². The summed E-state index contributed by atoms with van der Waals surface area (Å²) in [6.45, 7) is 10.4. The third-order valence-electron chi connectivity index (χ3n) is 9.68. The standard InChI is InChI=1S/C26H42O7/c1-5-24(2)10-8-16-15(12-24)6-7-18-25(16,3)11-9-19(28)26(18,4)14-32-23-22(31)21(30)20(29)17(13-27)33-23/h5-6,16-23,27-31H,1,7-14H2,2-4H3/t16-,17+,18-,19+,20-,21-,22-,23+,24+,25-,26+/m1/s1. The van der Waals surface area contributed by atoms with Gasteiger partial charge in [-0.05, 0) is 61.2 Å². The summed E-state index contributed by atoms with van der Waals surface area (Å²) in [7, 11) is 0. The van der Waals surface area contributed by atoms with Gasteiger partial charge in [0, 0.05) is 5.41 Å². The van der Waals surface area contributed by atoms with Crippen molar-refractivity contribution in [1.29, 1.82) is 0 Å². The second-order valence-corrected chi connectivity index (χ2v) is 11.8. The highest BCUT2D eigenvalue weighted by atomic mass is 16.7. The van der Waals surface area contributed by atoms with Crippen molar-refractivity contribution in [3.63, 3.8) is 0 Å². The Morgan fingerprint density at radius 1 is 1.09 bits per heavy atom. The molecular weight excluding hydrogens is 424 g/mol. The van der Waals surface area contributed by atoms with Gasteiger partial charge in [0.25, 0.3) is 0 Å². The lowest BCUT2D eigenvalue weighted by Crippen LogP contribution is -2.61.